The van der Waals surface area contributed by atoms with Gasteiger partial charge in [0.15, 0.2) is 0 Å². The SMILES string of the molecule is O=C(O)C(=O)O.c1ccc(CN2CCC(N3CCNCC3)CC2)cc1. The van der Waals surface area contributed by atoms with Gasteiger partial charge in [0, 0.05) is 38.8 Å². The van der Waals surface area contributed by atoms with E-state index in [0.717, 1.165) is 12.6 Å². The van der Waals surface area contributed by atoms with Gasteiger partial charge >= 0.3 is 11.9 Å². The Balaban J connectivity index is 0.000000326. The van der Waals surface area contributed by atoms with Crippen molar-refractivity contribution in [2.24, 2.45) is 0 Å². The lowest BCUT2D eigenvalue weighted by molar-refractivity contribution is -0.159. The standard InChI is InChI=1S/C16H25N3.C2H2O4/c1-2-4-15(5-3-1)14-18-10-6-16(7-11-18)19-12-8-17-9-13-19;3-1(4)2(5)6/h1-5,16-17H,6-14H2;(H,3,4)(H,5,6). The van der Waals surface area contributed by atoms with Crippen LogP contribution in [0.2, 0.25) is 0 Å². The summed E-state index contributed by atoms with van der Waals surface area (Å²) in [6, 6.07) is 11.7. The minimum atomic E-state index is -1.82. The quantitative estimate of drug-likeness (QED) is 0.692. The van der Waals surface area contributed by atoms with E-state index in [1.807, 2.05) is 0 Å². The number of nitrogens with zero attached hydrogens (tertiary/aromatic N) is 2. The van der Waals surface area contributed by atoms with Crippen LogP contribution < -0.4 is 5.32 Å². The Bertz CT molecular complexity index is 527. The molecular formula is C18H27N3O4. The highest BCUT2D eigenvalue weighted by molar-refractivity contribution is 6.27. The highest BCUT2D eigenvalue weighted by Crippen LogP contribution is 2.18. The number of hydrogen-bond donors (Lipinski definition) is 3. The molecule has 2 aliphatic rings. The summed E-state index contributed by atoms with van der Waals surface area (Å²) >= 11 is 0. The van der Waals surface area contributed by atoms with Gasteiger partial charge in [-0.2, -0.15) is 0 Å². The number of benzene rings is 1. The monoisotopic (exact) mass is 349 g/mol. The Hall–Kier alpha value is -1.96. The van der Waals surface area contributed by atoms with Crippen LogP contribution in [0.25, 0.3) is 0 Å². The van der Waals surface area contributed by atoms with E-state index in [2.05, 4.69) is 45.4 Å². The number of carboxylic acid groups (broad SMARTS) is 2. The summed E-state index contributed by atoms with van der Waals surface area (Å²) < 4.78 is 0. The van der Waals surface area contributed by atoms with Gasteiger partial charge in [-0.3, -0.25) is 9.80 Å². The lowest BCUT2D eigenvalue weighted by atomic mass is 10.0. The van der Waals surface area contributed by atoms with Crippen molar-refractivity contribution in [3.05, 3.63) is 35.9 Å². The molecule has 7 heteroatoms. The van der Waals surface area contributed by atoms with E-state index in [4.69, 9.17) is 19.8 Å². The number of piperidine rings is 1. The van der Waals surface area contributed by atoms with Crippen LogP contribution in [0.1, 0.15) is 18.4 Å². The van der Waals surface area contributed by atoms with Crippen LogP contribution in [0.4, 0.5) is 0 Å². The maximum atomic E-state index is 9.10. The van der Waals surface area contributed by atoms with Crippen molar-refractivity contribution in [1.82, 2.24) is 15.1 Å². The van der Waals surface area contributed by atoms with Crippen molar-refractivity contribution in [2.75, 3.05) is 39.3 Å². The van der Waals surface area contributed by atoms with Crippen molar-refractivity contribution in [3.8, 4) is 0 Å². The third kappa shape index (κ3) is 6.81. The van der Waals surface area contributed by atoms with Crippen molar-refractivity contribution < 1.29 is 19.8 Å². The number of carbonyl (C=O) groups is 2. The molecule has 0 bridgehead atoms. The van der Waals surface area contributed by atoms with Crippen LogP contribution in [-0.4, -0.2) is 77.3 Å². The number of piperazine rings is 1. The molecule has 2 saturated heterocycles. The van der Waals surface area contributed by atoms with Crippen LogP contribution >= 0.6 is 0 Å². The molecule has 0 amide bonds. The molecular weight excluding hydrogens is 322 g/mol. The van der Waals surface area contributed by atoms with Crippen LogP contribution in [0.15, 0.2) is 30.3 Å². The highest BCUT2D eigenvalue weighted by Gasteiger charge is 2.25. The molecule has 0 saturated carbocycles. The maximum absolute atomic E-state index is 9.10. The summed E-state index contributed by atoms with van der Waals surface area (Å²) in [4.78, 5) is 23.5. The average Bonchev–Trinajstić information content (AvgIpc) is 2.64. The molecule has 0 aromatic heterocycles. The van der Waals surface area contributed by atoms with E-state index < -0.39 is 11.9 Å². The molecule has 2 heterocycles. The molecule has 3 N–H and O–H groups in total. The zero-order valence-electron chi connectivity index (χ0n) is 14.4. The molecule has 1 aromatic carbocycles. The van der Waals surface area contributed by atoms with E-state index in [0.29, 0.717) is 0 Å². The van der Waals surface area contributed by atoms with Crippen molar-refractivity contribution in [3.63, 3.8) is 0 Å². The number of nitrogens with one attached hydrogen (secondary N) is 1. The van der Waals surface area contributed by atoms with Crippen LogP contribution in [0.3, 0.4) is 0 Å². The topological polar surface area (TPSA) is 93.1 Å². The Morgan fingerprint density at radius 2 is 1.52 bits per heavy atom. The first kappa shape index (κ1) is 19.4. The predicted octanol–water partition coefficient (Wildman–Crippen LogP) is 0.712. The Labute approximate surface area is 148 Å². The minimum absolute atomic E-state index is 0.828. The van der Waals surface area contributed by atoms with Gasteiger partial charge in [-0.25, -0.2) is 9.59 Å². The zero-order valence-corrected chi connectivity index (χ0v) is 14.4. The van der Waals surface area contributed by atoms with Gasteiger partial charge < -0.3 is 15.5 Å². The van der Waals surface area contributed by atoms with Gasteiger partial charge in [0.25, 0.3) is 0 Å². The van der Waals surface area contributed by atoms with Gasteiger partial charge in [0.1, 0.15) is 0 Å². The molecule has 25 heavy (non-hydrogen) atoms. The van der Waals surface area contributed by atoms with E-state index in [1.165, 1.54) is 57.7 Å². The number of rotatable bonds is 3. The summed E-state index contributed by atoms with van der Waals surface area (Å²) in [5.41, 5.74) is 1.45. The summed E-state index contributed by atoms with van der Waals surface area (Å²) in [6.07, 6.45) is 2.68. The first-order chi connectivity index (χ1) is 12.1. The second kappa shape index (κ2) is 10.1. The Morgan fingerprint density at radius 1 is 0.960 bits per heavy atom. The normalized spacial score (nSPS) is 19.7. The maximum Gasteiger partial charge on any atom is 0.414 e. The van der Waals surface area contributed by atoms with E-state index >= 15 is 0 Å². The van der Waals surface area contributed by atoms with Gasteiger partial charge in [-0.1, -0.05) is 30.3 Å². The van der Waals surface area contributed by atoms with E-state index in [1.54, 1.807) is 0 Å². The average molecular weight is 349 g/mol. The molecule has 2 aliphatic heterocycles. The fourth-order valence-electron chi connectivity index (χ4n) is 3.33. The highest BCUT2D eigenvalue weighted by atomic mass is 16.4. The fraction of sp³-hybridized carbons (Fsp3) is 0.556. The van der Waals surface area contributed by atoms with Gasteiger partial charge in [-0.15, -0.1) is 0 Å². The second-order valence-electron chi connectivity index (χ2n) is 6.39. The molecule has 0 aliphatic carbocycles. The third-order valence-corrected chi connectivity index (χ3v) is 4.66. The van der Waals surface area contributed by atoms with Gasteiger partial charge in [0.2, 0.25) is 0 Å². The lowest BCUT2D eigenvalue weighted by Gasteiger charge is -2.40. The number of likely N-dealkylation sites (tertiary alicyclic amines) is 1. The minimum Gasteiger partial charge on any atom is -0.473 e. The predicted molar refractivity (Wildman–Crippen MR) is 94.5 cm³/mol. The molecule has 2 fully saturated rings. The molecule has 7 nitrogen and oxygen atoms in total. The summed E-state index contributed by atoms with van der Waals surface area (Å²) in [5, 5.41) is 18.2. The van der Waals surface area contributed by atoms with Crippen LogP contribution in [0.5, 0.6) is 0 Å². The van der Waals surface area contributed by atoms with Crippen molar-refractivity contribution >= 4 is 11.9 Å². The van der Waals surface area contributed by atoms with Gasteiger partial charge in [0.05, 0.1) is 0 Å². The molecule has 0 radical (unpaired) electrons. The third-order valence-electron chi connectivity index (χ3n) is 4.66. The first-order valence-electron chi connectivity index (χ1n) is 8.73. The molecule has 0 atom stereocenters. The molecule has 0 unspecified atom stereocenters. The molecule has 3 rings (SSSR count). The lowest BCUT2D eigenvalue weighted by Crippen LogP contribution is -2.51. The fourth-order valence-corrected chi connectivity index (χ4v) is 3.33. The molecule has 0 spiro atoms. The smallest absolute Gasteiger partial charge is 0.414 e. The Morgan fingerprint density at radius 3 is 2.04 bits per heavy atom. The van der Waals surface area contributed by atoms with Crippen molar-refractivity contribution in [2.45, 2.75) is 25.4 Å². The first-order valence-corrected chi connectivity index (χ1v) is 8.73. The van der Waals surface area contributed by atoms with Crippen LogP contribution in [0, 0.1) is 0 Å². The summed E-state index contributed by atoms with van der Waals surface area (Å²) in [6.45, 7) is 8.45. The Kier molecular flexibility index (Phi) is 7.84. The largest absolute Gasteiger partial charge is 0.473 e. The second-order valence-corrected chi connectivity index (χ2v) is 6.39. The van der Waals surface area contributed by atoms with Crippen LogP contribution in [-0.2, 0) is 16.1 Å². The molecule has 138 valence electrons. The van der Waals surface area contributed by atoms with E-state index in [-0.39, 0.29) is 0 Å². The summed E-state index contributed by atoms with van der Waals surface area (Å²) in [5.74, 6) is -3.65. The molecule has 1 aromatic rings. The number of carboxylic acids is 2. The number of aliphatic carboxylic acids is 2. The number of hydrogen-bond acceptors (Lipinski definition) is 5. The van der Waals surface area contributed by atoms with Gasteiger partial charge in [-0.05, 0) is 31.5 Å². The summed E-state index contributed by atoms with van der Waals surface area (Å²) in [7, 11) is 0. The zero-order chi connectivity index (χ0) is 18.1. The van der Waals surface area contributed by atoms with Crippen molar-refractivity contribution in [1.29, 1.82) is 0 Å². The van der Waals surface area contributed by atoms with E-state index in [9.17, 15) is 0 Å².